The van der Waals surface area contributed by atoms with Crippen molar-refractivity contribution in [3.8, 4) is 17.6 Å². The summed E-state index contributed by atoms with van der Waals surface area (Å²) >= 11 is 2.89. The second kappa shape index (κ2) is 3.62. The van der Waals surface area contributed by atoms with Gasteiger partial charge in [0.15, 0.2) is 11.5 Å². The number of hydrogen-bond acceptors (Lipinski definition) is 3. The Morgan fingerprint density at radius 1 is 1.69 bits per heavy atom. The van der Waals surface area contributed by atoms with E-state index < -0.39 is 5.82 Å². The molecule has 1 aromatic rings. The van der Waals surface area contributed by atoms with Crippen molar-refractivity contribution in [3.05, 3.63) is 21.9 Å². The van der Waals surface area contributed by atoms with Crippen molar-refractivity contribution in [2.45, 2.75) is 0 Å². The zero-order valence-corrected chi connectivity index (χ0v) is 8.22. The van der Waals surface area contributed by atoms with Gasteiger partial charge in [-0.2, -0.15) is 5.26 Å². The van der Waals surface area contributed by atoms with Crippen LogP contribution in [0.25, 0.3) is 0 Å². The van der Waals surface area contributed by atoms with Gasteiger partial charge in [-0.25, -0.2) is 4.39 Å². The quantitative estimate of drug-likeness (QED) is 0.826. The van der Waals surface area contributed by atoms with E-state index in [9.17, 15) is 9.50 Å². The van der Waals surface area contributed by atoms with Crippen LogP contribution in [-0.2, 0) is 0 Å². The number of methoxy groups -OCH3 is 1. The molecule has 0 saturated carbocycles. The molecule has 1 aromatic carbocycles. The molecule has 0 saturated heterocycles. The Morgan fingerprint density at radius 3 is 2.77 bits per heavy atom. The van der Waals surface area contributed by atoms with Crippen molar-refractivity contribution >= 4 is 15.9 Å². The van der Waals surface area contributed by atoms with Gasteiger partial charge in [0, 0.05) is 6.07 Å². The molecule has 13 heavy (non-hydrogen) atoms. The summed E-state index contributed by atoms with van der Waals surface area (Å²) in [4.78, 5) is 0. The van der Waals surface area contributed by atoms with E-state index in [-0.39, 0.29) is 21.5 Å². The van der Waals surface area contributed by atoms with E-state index in [0.29, 0.717) is 0 Å². The zero-order valence-electron chi connectivity index (χ0n) is 6.64. The molecule has 0 atom stereocenters. The van der Waals surface area contributed by atoms with Crippen molar-refractivity contribution in [1.82, 2.24) is 0 Å². The Hall–Kier alpha value is -1.28. The molecule has 0 aliphatic carbocycles. The highest BCUT2D eigenvalue weighted by Crippen LogP contribution is 2.37. The maximum Gasteiger partial charge on any atom is 0.173 e. The van der Waals surface area contributed by atoms with Gasteiger partial charge in [0.2, 0.25) is 0 Å². The van der Waals surface area contributed by atoms with Gasteiger partial charge in [0.05, 0.1) is 11.6 Å². The molecule has 0 heterocycles. The molecule has 0 aliphatic heterocycles. The summed E-state index contributed by atoms with van der Waals surface area (Å²) in [6, 6.07) is 2.58. The van der Waals surface area contributed by atoms with E-state index in [1.165, 1.54) is 7.11 Å². The number of hydrogen-bond donors (Lipinski definition) is 1. The first kappa shape index (κ1) is 9.81. The van der Waals surface area contributed by atoms with Gasteiger partial charge in [-0.1, -0.05) is 0 Å². The highest BCUT2D eigenvalue weighted by atomic mass is 79.9. The number of aromatic hydroxyl groups is 1. The Morgan fingerprint density at radius 2 is 2.31 bits per heavy atom. The summed E-state index contributed by atoms with van der Waals surface area (Å²) in [6.45, 7) is 0. The topological polar surface area (TPSA) is 53.2 Å². The molecule has 0 fully saturated rings. The second-order valence-electron chi connectivity index (χ2n) is 2.21. The van der Waals surface area contributed by atoms with Crippen molar-refractivity contribution in [2.24, 2.45) is 0 Å². The third-order valence-corrected chi connectivity index (χ3v) is 2.26. The smallest absolute Gasteiger partial charge is 0.173 e. The largest absolute Gasteiger partial charge is 0.503 e. The second-order valence-corrected chi connectivity index (χ2v) is 3.00. The molecule has 0 unspecified atom stereocenters. The summed E-state index contributed by atoms with van der Waals surface area (Å²) in [5.74, 6) is -1.02. The van der Waals surface area contributed by atoms with Crippen molar-refractivity contribution in [3.63, 3.8) is 0 Å². The monoisotopic (exact) mass is 245 g/mol. The van der Waals surface area contributed by atoms with E-state index in [2.05, 4.69) is 20.7 Å². The Labute approximate surface area is 82.5 Å². The van der Waals surface area contributed by atoms with Crippen molar-refractivity contribution < 1.29 is 14.2 Å². The van der Waals surface area contributed by atoms with E-state index >= 15 is 0 Å². The number of halogens is 2. The fourth-order valence-electron chi connectivity index (χ4n) is 0.845. The maximum atomic E-state index is 13.0. The van der Waals surface area contributed by atoms with Gasteiger partial charge >= 0.3 is 0 Å². The molecule has 0 radical (unpaired) electrons. The predicted octanol–water partition coefficient (Wildman–Crippen LogP) is 2.17. The number of phenolic OH excluding ortho intramolecular Hbond substituents is 1. The van der Waals surface area contributed by atoms with Crippen LogP contribution < -0.4 is 4.74 Å². The van der Waals surface area contributed by atoms with Crippen LogP contribution in [-0.4, -0.2) is 12.2 Å². The lowest BCUT2D eigenvalue weighted by molar-refractivity contribution is 0.368. The van der Waals surface area contributed by atoms with E-state index in [1.807, 2.05) is 0 Å². The number of benzene rings is 1. The summed E-state index contributed by atoms with van der Waals surface area (Å²) < 4.78 is 17.7. The molecule has 1 rings (SSSR count). The average Bonchev–Trinajstić information content (AvgIpc) is 2.12. The van der Waals surface area contributed by atoms with E-state index in [1.54, 1.807) is 6.07 Å². The summed E-state index contributed by atoms with van der Waals surface area (Å²) in [5, 5.41) is 17.9. The third-order valence-electron chi connectivity index (χ3n) is 1.49. The highest BCUT2D eigenvalue weighted by Gasteiger charge is 2.15. The SMILES string of the molecule is COc1cc(F)c(C#N)c(Br)c1O. The van der Waals surface area contributed by atoms with Gasteiger partial charge in [-0.3, -0.25) is 0 Å². The van der Waals surface area contributed by atoms with Crippen molar-refractivity contribution in [1.29, 1.82) is 5.26 Å². The summed E-state index contributed by atoms with van der Waals surface area (Å²) in [6.07, 6.45) is 0. The molecule has 0 aromatic heterocycles. The van der Waals surface area contributed by atoms with Gasteiger partial charge in [-0.15, -0.1) is 0 Å². The molecule has 5 heteroatoms. The predicted molar refractivity (Wildman–Crippen MR) is 47.0 cm³/mol. The normalized spacial score (nSPS) is 9.38. The molecule has 1 N–H and O–H groups in total. The molecule has 68 valence electrons. The summed E-state index contributed by atoms with van der Waals surface area (Å²) in [5.41, 5.74) is -0.238. The molecule has 3 nitrogen and oxygen atoms in total. The lowest BCUT2D eigenvalue weighted by Crippen LogP contribution is -1.91. The van der Waals surface area contributed by atoms with Gasteiger partial charge in [-0.05, 0) is 15.9 Å². The van der Waals surface area contributed by atoms with Gasteiger partial charge in [0.25, 0.3) is 0 Å². The van der Waals surface area contributed by atoms with E-state index in [4.69, 9.17) is 5.26 Å². The molecule has 0 spiro atoms. The van der Waals surface area contributed by atoms with Crippen molar-refractivity contribution in [2.75, 3.05) is 7.11 Å². The molecule has 0 amide bonds. The number of phenols is 1. The standard InChI is InChI=1S/C8H5BrFNO2/c1-13-6-2-5(10)4(3-11)7(9)8(6)12/h2,12H,1H3. The van der Waals surface area contributed by atoms with Gasteiger partial charge in [0.1, 0.15) is 17.4 Å². The fraction of sp³-hybridized carbons (Fsp3) is 0.125. The van der Waals surface area contributed by atoms with E-state index in [0.717, 1.165) is 6.07 Å². The zero-order chi connectivity index (χ0) is 10.0. The lowest BCUT2D eigenvalue weighted by atomic mass is 10.2. The minimum absolute atomic E-state index is 0.00634. The van der Waals surface area contributed by atoms with Crippen LogP contribution >= 0.6 is 15.9 Å². The lowest BCUT2D eigenvalue weighted by Gasteiger charge is -2.06. The molecule has 0 bridgehead atoms. The van der Waals surface area contributed by atoms with Gasteiger partial charge < -0.3 is 9.84 Å². The highest BCUT2D eigenvalue weighted by molar-refractivity contribution is 9.10. The minimum Gasteiger partial charge on any atom is -0.503 e. The maximum absolute atomic E-state index is 13.0. The molecular formula is C8H5BrFNO2. The molecular weight excluding hydrogens is 241 g/mol. The van der Waals surface area contributed by atoms with Crippen LogP contribution in [0.2, 0.25) is 0 Å². The Bertz CT molecular complexity index is 386. The number of nitriles is 1. The average molecular weight is 246 g/mol. The van der Waals surface area contributed by atoms with Crippen LogP contribution in [0.15, 0.2) is 10.5 Å². The number of ether oxygens (including phenoxy) is 1. The minimum atomic E-state index is -0.732. The first-order chi connectivity index (χ1) is 6.11. The number of nitrogens with zero attached hydrogens (tertiary/aromatic N) is 1. The first-order valence-electron chi connectivity index (χ1n) is 3.26. The van der Waals surface area contributed by atoms with Crippen LogP contribution in [0.3, 0.4) is 0 Å². The molecule has 0 aliphatic rings. The first-order valence-corrected chi connectivity index (χ1v) is 4.06. The third kappa shape index (κ3) is 1.58. The van der Waals surface area contributed by atoms with Crippen LogP contribution in [0.5, 0.6) is 11.5 Å². The number of rotatable bonds is 1. The Balaban J connectivity index is 3.48. The van der Waals surface area contributed by atoms with Crippen LogP contribution in [0.1, 0.15) is 5.56 Å². The van der Waals surface area contributed by atoms with Crippen LogP contribution in [0, 0.1) is 17.1 Å². The Kier molecular flexibility index (Phi) is 2.73. The fourth-order valence-corrected chi connectivity index (χ4v) is 1.32. The van der Waals surface area contributed by atoms with Crippen LogP contribution in [0.4, 0.5) is 4.39 Å². The summed E-state index contributed by atoms with van der Waals surface area (Å²) in [7, 11) is 1.30.